The maximum absolute atomic E-state index is 11.6. The minimum absolute atomic E-state index is 0.131. The van der Waals surface area contributed by atoms with Crippen LogP contribution >= 0.6 is 15.9 Å². The van der Waals surface area contributed by atoms with Crippen LogP contribution in [0.5, 0.6) is 0 Å². The molecule has 0 bridgehead atoms. The van der Waals surface area contributed by atoms with Crippen LogP contribution < -0.4 is 0 Å². The number of hydrogen-bond acceptors (Lipinski definition) is 4. The maximum Gasteiger partial charge on any atom is 0.302 e. The molecule has 0 N–H and O–H groups in total. The van der Waals surface area contributed by atoms with Crippen molar-refractivity contribution in [2.45, 2.75) is 80.8 Å². The lowest BCUT2D eigenvalue weighted by molar-refractivity contribution is -0.143. The van der Waals surface area contributed by atoms with Crippen LogP contribution in [0.2, 0.25) is 0 Å². The molecule has 1 aromatic carbocycles. The number of esters is 1. The van der Waals surface area contributed by atoms with E-state index < -0.39 is 0 Å². The molecule has 5 heteroatoms. The molecule has 0 aliphatic rings. The second-order valence-electron chi connectivity index (χ2n) is 10.3. The number of carbonyl (C=O) groups is 1. The molecule has 0 spiro atoms. The molecule has 2 aromatic rings. The summed E-state index contributed by atoms with van der Waals surface area (Å²) in [6.45, 7) is 17.1. The summed E-state index contributed by atoms with van der Waals surface area (Å²) in [6, 6.07) is 8.75. The second kappa shape index (κ2) is 12.8. The zero-order chi connectivity index (χ0) is 26.3. The Morgan fingerprint density at radius 1 is 1.14 bits per heavy atom. The molecule has 0 saturated carbocycles. The first-order valence-corrected chi connectivity index (χ1v) is 13.4. The van der Waals surface area contributed by atoms with E-state index in [0.29, 0.717) is 12.5 Å². The summed E-state index contributed by atoms with van der Waals surface area (Å²) < 4.78 is 12.3. The molecular formula is C30H42BrNO3. The zero-order valence-corrected chi connectivity index (χ0v) is 24.5. The third-order valence-corrected chi connectivity index (χ3v) is 7.18. The van der Waals surface area contributed by atoms with Crippen LogP contribution in [0.25, 0.3) is 11.1 Å². The van der Waals surface area contributed by atoms with Crippen LogP contribution in [0.3, 0.4) is 0 Å². The van der Waals surface area contributed by atoms with Gasteiger partial charge in [0.05, 0.1) is 18.4 Å². The Hall–Kier alpha value is -1.98. The highest BCUT2D eigenvalue weighted by molar-refractivity contribution is 9.10. The molecule has 0 aliphatic heterocycles. The number of aryl methyl sites for hydroxylation is 2. The monoisotopic (exact) mass is 543 g/mol. The first-order valence-electron chi connectivity index (χ1n) is 12.6. The number of ether oxygens (including phenoxy) is 2. The van der Waals surface area contributed by atoms with E-state index in [4.69, 9.17) is 14.5 Å². The Morgan fingerprint density at radius 3 is 2.40 bits per heavy atom. The molecule has 2 atom stereocenters. The fourth-order valence-electron chi connectivity index (χ4n) is 4.37. The highest BCUT2D eigenvalue weighted by Gasteiger charge is 2.29. The second-order valence-corrected chi connectivity index (χ2v) is 11.2. The van der Waals surface area contributed by atoms with E-state index in [1.54, 1.807) is 7.11 Å². The predicted molar refractivity (Wildman–Crippen MR) is 149 cm³/mol. The molecule has 192 valence electrons. The van der Waals surface area contributed by atoms with E-state index in [1.165, 1.54) is 34.8 Å². The van der Waals surface area contributed by atoms with Crippen LogP contribution in [0.15, 0.2) is 34.9 Å². The molecular weight excluding hydrogens is 502 g/mol. The van der Waals surface area contributed by atoms with Gasteiger partial charge >= 0.3 is 5.97 Å². The van der Waals surface area contributed by atoms with E-state index in [1.807, 2.05) is 6.20 Å². The molecule has 0 saturated heterocycles. The van der Waals surface area contributed by atoms with Gasteiger partial charge in [0.2, 0.25) is 0 Å². The highest BCUT2D eigenvalue weighted by Crippen LogP contribution is 2.44. The standard InChI is InChI=1S/C30H42BrNO3/c1-10-19(3)28(26-14-23(11-2)17-32-29(26)21(5)34-9)27(16-30(7,8)18-35-22(6)33)25-15-24(31)13-12-20(25)4/h12-15,17,19,21H,10-11,16,18H2,1-9H3/b28-27+. The fraction of sp³-hybridized carbons (Fsp3) is 0.533. The molecule has 1 aromatic heterocycles. The van der Waals surface area contributed by atoms with Crippen LogP contribution in [-0.2, 0) is 20.7 Å². The Bertz CT molecular complexity index is 1060. The van der Waals surface area contributed by atoms with Gasteiger partial charge in [-0.1, -0.05) is 56.6 Å². The topological polar surface area (TPSA) is 48.4 Å². The average Bonchev–Trinajstić information content (AvgIpc) is 2.83. The smallest absolute Gasteiger partial charge is 0.302 e. The van der Waals surface area contributed by atoms with E-state index >= 15 is 0 Å². The van der Waals surface area contributed by atoms with Gasteiger partial charge in [0.15, 0.2) is 0 Å². The van der Waals surface area contributed by atoms with Crippen molar-refractivity contribution in [2.24, 2.45) is 11.3 Å². The normalized spacial score (nSPS) is 14.3. The van der Waals surface area contributed by atoms with Crippen molar-refractivity contribution in [1.82, 2.24) is 4.98 Å². The summed E-state index contributed by atoms with van der Waals surface area (Å²) in [5.41, 5.74) is 8.07. The van der Waals surface area contributed by atoms with Crippen LogP contribution in [0.1, 0.15) is 95.4 Å². The summed E-state index contributed by atoms with van der Waals surface area (Å²) in [7, 11) is 1.73. The SMILES string of the molecule is CCc1cnc(C(C)OC)c(/C(=C(\CC(C)(C)COC(C)=O)c2cc(Br)ccc2C)C(C)CC)c1. The van der Waals surface area contributed by atoms with Crippen molar-refractivity contribution in [3.63, 3.8) is 0 Å². The minimum Gasteiger partial charge on any atom is -0.465 e. The lowest BCUT2D eigenvalue weighted by Gasteiger charge is -2.31. The Labute approximate surface area is 220 Å². The summed E-state index contributed by atoms with van der Waals surface area (Å²) in [6.07, 6.45) is 4.51. The van der Waals surface area contributed by atoms with Crippen LogP contribution in [0, 0.1) is 18.3 Å². The predicted octanol–water partition coefficient (Wildman–Crippen LogP) is 8.36. The molecule has 0 radical (unpaired) electrons. The maximum atomic E-state index is 11.6. The van der Waals surface area contributed by atoms with Gasteiger partial charge in [-0.05, 0) is 85.1 Å². The van der Waals surface area contributed by atoms with Crippen LogP contribution in [-0.4, -0.2) is 24.7 Å². The average molecular weight is 545 g/mol. The van der Waals surface area contributed by atoms with Gasteiger partial charge in [0, 0.05) is 35.7 Å². The largest absolute Gasteiger partial charge is 0.465 e. The number of pyridine rings is 1. The molecule has 2 unspecified atom stereocenters. The van der Waals surface area contributed by atoms with Crippen molar-refractivity contribution in [1.29, 1.82) is 0 Å². The van der Waals surface area contributed by atoms with E-state index in [9.17, 15) is 4.79 Å². The first-order chi connectivity index (χ1) is 16.4. The summed E-state index contributed by atoms with van der Waals surface area (Å²) >= 11 is 3.70. The molecule has 0 aliphatic carbocycles. The van der Waals surface area contributed by atoms with Crippen molar-refractivity contribution < 1.29 is 14.3 Å². The quantitative estimate of drug-likeness (QED) is 0.267. The molecule has 35 heavy (non-hydrogen) atoms. The minimum atomic E-state index is -0.253. The number of carbonyl (C=O) groups excluding carboxylic acids is 1. The number of aromatic nitrogens is 1. The molecule has 0 amide bonds. The third-order valence-electron chi connectivity index (χ3n) is 6.69. The van der Waals surface area contributed by atoms with Gasteiger partial charge in [-0.3, -0.25) is 9.78 Å². The number of hydrogen-bond donors (Lipinski definition) is 0. The fourth-order valence-corrected chi connectivity index (χ4v) is 4.74. The lowest BCUT2D eigenvalue weighted by Crippen LogP contribution is -2.22. The van der Waals surface area contributed by atoms with Gasteiger partial charge in [-0.25, -0.2) is 0 Å². The van der Waals surface area contributed by atoms with Gasteiger partial charge in [-0.2, -0.15) is 0 Å². The van der Waals surface area contributed by atoms with E-state index in [-0.39, 0.29) is 17.5 Å². The summed E-state index contributed by atoms with van der Waals surface area (Å²) in [5.74, 6) is 0.0464. The first kappa shape index (κ1) is 29.3. The van der Waals surface area contributed by atoms with Crippen molar-refractivity contribution in [3.05, 3.63) is 62.9 Å². The van der Waals surface area contributed by atoms with Gasteiger partial charge in [0.25, 0.3) is 0 Å². The summed E-state index contributed by atoms with van der Waals surface area (Å²) in [4.78, 5) is 16.5. The highest BCUT2D eigenvalue weighted by atomic mass is 79.9. The Balaban J connectivity index is 2.95. The number of nitrogens with zero attached hydrogens (tertiary/aromatic N) is 1. The van der Waals surface area contributed by atoms with Gasteiger partial charge in [-0.15, -0.1) is 0 Å². The Morgan fingerprint density at radius 2 is 1.83 bits per heavy atom. The number of methoxy groups -OCH3 is 1. The molecule has 1 heterocycles. The third kappa shape index (κ3) is 7.75. The molecule has 2 rings (SSSR count). The summed E-state index contributed by atoms with van der Waals surface area (Å²) in [5, 5.41) is 0. The van der Waals surface area contributed by atoms with Gasteiger partial charge < -0.3 is 9.47 Å². The van der Waals surface area contributed by atoms with Crippen LogP contribution in [0.4, 0.5) is 0 Å². The number of benzene rings is 1. The zero-order valence-electron chi connectivity index (χ0n) is 22.9. The van der Waals surface area contributed by atoms with E-state index in [2.05, 4.69) is 88.7 Å². The van der Waals surface area contributed by atoms with E-state index in [0.717, 1.165) is 35.0 Å². The number of rotatable bonds is 11. The van der Waals surface area contributed by atoms with Gasteiger partial charge in [0.1, 0.15) is 0 Å². The number of allylic oxidation sites excluding steroid dienone is 2. The molecule has 4 nitrogen and oxygen atoms in total. The van der Waals surface area contributed by atoms with Crippen molar-refractivity contribution >= 4 is 33.0 Å². The molecule has 0 fully saturated rings. The van der Waals surface area contributed by atoms with Crippen molar-refractivity contribution in [2.75, 3.05) is 13.7 Å². The lowest BCUT2D eigenvalue weighted by atomic mass is 9.76. The Kier molecular flexibility index (Phi) is 10.7. The van der Waals surface area contributed by atoms with Crippen molar-refractivity contribution in [3.8, 4) is 0 Å². The number of halogens is 1.